The van der Waals surface area contributed by atoms with Gasteiger partial charge in [-0.15, -0.1) is 0 Å². The first-order valence-corrected chi connectivity index (χ1v) is 9.27. The van der Waals surface area contributed by atoms with Gasteiger partial charge in [0.1, 0.15) is 0 Å². The number of hydrogen-bond acceptors (Lipinski definition) is 1. The van der Waals surface area contributed by atoms with Crippen LogP contribution in [0, 0.1) is 11.8 Å². The van der Waals surface area contributed by atoms with E-state index in [4.69, 9.17) is 0 Å². The van der Waals surface area contributed by atoms with E-state index in [0.29, 0.717) is 5.92 Å². The normalized spacial score (nSPS) is 18.6. The van der Waals surface area contributed by atoms with Crippen LogP contribution in [0.15, 0.2) is 84.9 Å². The fourth-order valence-corrected chi connectivity index (χ4v) is 3.72. The van der Waals surface area contributed by atoms with Crippen molar-refractivity contribution >= 4 is 5.69 Å². The fourth-order valence-electron chi connectivity index (χ4n) is 3.72. The Kier molecular flexibility index (Phi) is 4.75. The van der Waals surface area contributed by atoms with Crippen LogP contribution in [0.1, 0.15) is 36.0 Å². The van der Waals surface area contributed by atoms with Crippen molar-refractivity contribution in [3.63, 3.8) is 0 Å². The molecule has 1 aliphatic rings. The van der Waals surface area contributed by atoms with Crippen molar-refractivity contribution in [2.75, 3.05) is 4.90 Å². The standard InChI is InChI=1S/C25H23N/c1-20-18-23(17-16-21-10-4-2-5-11-21)26(19-22-12-6-3-7-13-22)25-15-9-8-14-24(20)25/h2-15,20,23H,18-19H2,1H3. The van der Waals surface area contributed by atoms with Crippen LogP contribution in [-0.4, -0.2) is 6.04 Å². The first-order valence-electron chi connectivity index (χ1n) is 9.27. The van der Waals surface area contributed by atoms with E-state index in [1.165, 1.54) is 16.8 Å². The third-order valence-electron chi connectivity index (χ3n) is 5.08. The Morgan fingerprint density at radius 3 is 2.27 bits per heavy atom. The van der Waals surface area contributed by atoms with Crippen LogP contribution in [0.4, 0.5) is 5.69 Å². The van der Waals surface area contributed by atoms with E-state index in [2.05, 4.69) is 90.4 Å². The molecule has 26 heavy (non-hydrogen) atoms. The molecule has 0 aromatic heterocycles. The Bertz CT molecular complexity index is 918. The van der Waals surface area contributed by atoms with E-state index >= 15 is 0 Å². The summed E-state index contributed by atoms with van der Waals surface area (Å²) in [7, 11) is 0. The molecule has 2 unspecified atom stereocenters. The molecule has 1 aliphatic heterocycles. The van der Waals surface area contributed by atoms with Crippen LogP contribution in [0.25, 0.3) is 0 Å². The molecule has 0 saturated heterocycles. The predicted molar refractivity (Wildman–Crippen MR) is 109 cm³/mol. The summed E-state index contributed by atoms with van der Waals surface area (Å²) in [5.74, 6) is 7.47. The van der Waals surface area contributed by atoms with Crippen LogP contribution in [0.2, 0.25) is 0 Å². The van der Waals surface area contributed by atoms with Gasteiger partial charge in [-0.25, -0.2) is 0 Å². The summed E-state index contributed by atoms with van der Waals surface area (Å²) in [4.78, 5) is 2.47. The summed E-state index contributed by atoms with van der Waals surface area (Å²) >= 11 is 0. The molecule has 4 rings (SSSR count). The van der Waals surface area contributed by atoms with Gasteiger partial charge in [0.2, 0.25) is 0 Å². The van der Waals surface area contributed by atoms with E-state index in [1.807, 2.05) is 18.2 Å². The topological polar surface area (TPSA) is 3.24 Å². The number of fused-ring (bicyclic) bond motifs is 1. The van der Waals surface area contributed by atoms with Crippen molar-refractivity contribution in [1.82, 2.24) is 0 Å². The predicted octanol–water partition coefficient (Wildman–Crippen LogP) is 5.62. The van der Waals surface area contributed by atoms with E-state index in [0.717, 1.165) is 18.5 Å². The third kappa shape index (κ3) is 3.51. The third-order valence-corrected chi connectivity index (χ3v) is 5.08. The number of hydrogen-bond donors (Lipinski definition) is 0. The zero-order valence-electron chi connectivity index (χ0n) is 15.1. The fraction of sp³-hybridized carbons (Fsp3) is 0.200. The van der Waals surface area contributed by atoms with Gasteiger partial charge >= 0.3 is 0 Å². The Labute approximate surface area is 156 Å². The molecule has 3 aromatic carbocycles. The average Bonchev–Trinajstić information content (AvgIpc) is 2.70. The molecular formula is C25H23N. The highest BCUT2D eigenvalue weighted by Gasteiger charge is 2.29. The van der Waals surface area contributed by atoms with Crippen molar-refractivity contribution in [3.05, 3.63) is 102 Å². The smallest absolute Gasteiger partial charge is 0.0917 e. The molecule has 2 atom stereocenters. The molecule has 3 aromatic rings. The van der Waals surface area contributed by atoms with Gasteiger partial charge in [-0.2, -0.15) is 0 Å². The summed E-state index contributed by atoms with van der Waals surface area (Å²) in [6.45, 7) is 3.20. The minimum absolute atomic E-state index is 0.223. The van der Waals surface area contributed by atoms with E-state index in [-0.39, 0.29) is 6.04 Å². The molecule has 0 spiro atoms. The van der Waals surface area contributed by atoms with Crippen LogP contribution in [0.5, 0.6) is 0 Å². The minimum atomic E-state index is 0.223. The first kappa shape index (κ1) is 16.5. The highest BCUT2D eigenvalue weighted by Crippen LogP contribution is 2.38. The lowest BCUT2D eigenvalue weighted by molar-refractivity contribution is 0.550. The lowest BCUT2D eigenvalue weighted by atomic mass is 9.86. The Balaban J connectivity index is 1.71. The van der Waals surface area contributed by atoms with Crippen molar-refractivity contribution in [1.29, 1.82) is 0 Å². The summed E-state index contributed by atoms with van der Waals surface area (Å²) in [6.07, 6.45) is 1.06. The number of rotatable bonds is 2. The zero-order chi connectivity index (χ0) is 17.8. The number of anilines is 1. The molecule has 0 aliphatic carbocycles. The quantitative estimate of drug-likeness (QED) is 0.549. The van der Waals surface area contributed by atoms with Crippen LogP contribution in [0.3, 0.4) is 0 Å². The first-order chi connectivity index (χ1) is 12.8. The lowest BCUT2D eigenvalue weighted by Crippen LogP contribution is -2.39. The van der Waals surface area contributed by atoms with Crippen molar-refractivity contribution < 1.29 is 0 Å². The minimum Gasteiger partial charge on any atom is -0.353 e. The molecule has 0 bridgehead atoms. The summed E-state index contributed by atoms with van der Waals surface area (Å²) in [5, 5.41) is 0. The van der Waals surface area contributed by atoms with E-state index < -0.39 is 0 Å². The summed E-state index contributed by atoms with van der Waals surface area (Å²) < 4.78 is 0. The average molecular weight is 337 g/mol. The van der Waals surface area contributed by atoms with Gasteiger partial charge < -0.3 is 4.90 Å². The van der Waals surface area contributed by atoms with Gasteiger partial charge in [-0.3, -0.25) is 0 Å². The second kappa shape index (κ2) is 7.50. The maximum absolute atomic E-state index is 3.56. The molecule has 1 nitrogen and oxygen atoms in total. The van der Waals surface area contributed by atoms with Crippen LogP contribution in [-0.2, 0) is 6.54 Å². The van der Waals surface area contributed by atoms with Gasteiger partial charge in [-0.1, -0.05) is 85.5 Å². The van der Waals surface area contributed by atoms with Gasteiger partial charge in [0.25, 0.3) is 0 Å². The SMILES string of the molecule is CC1CC(C#Cc2ccccc2)N(Cc2ccccc2)c2ccccc21. The van der Waals surface area contributed by atoms with Crippen molar-refractivity contribution in [3.8, 4) is 11.8 Å². The van der Waals surface area contributed by atoms with Crippen LogP contribution < -0.4 is 4.90 Å². The zero-order valence-corrected chi connectivity index (χ0v) is 15.1. The molecule has 0 radical (unpaired) electrons. The van der Waals surface area contributed by atoms with Gasteiger partial charge in [0.15, 0.2) is 0 Å². The second-order valence-corrected chi connectivity index (χ2v) is 6.96. The highest BCUT2D eigenvalue weighted by molar-refractivity contribution is 5.60. The van der Waals surface area contributed by atoms with Gasteiger partial charge in [-0.05, 0) is 41.7 Å². The highest BCUT2D eigenvalue weighted by atomic mass is 15.2. The maximum atomic E-state index is 3.56. The van der Waals surface area contributed by atoms with Gasteiger partial charge in [0, 0.05) is 17.8 Å². The van der Waals surface area contributed by atoms with E-state index in [1.54, 1.807) is 0 Å². The van der Waals surface area contributed by atoms with Crippen LogP contribution >= 0.6 is 0 Å². The molecule has 0 N–H and O–H groups in total. The molecule has 0 fully saturated rings. The second-order valence-electron chi connectivity index (χ2n) is 6.96. The Morgan fingerprint density at radius 2 is 1.50 bits per heavy atom. The summed E-state index contributed by atoms with van der Waals surface area (Å²) in [6, 6.07) is 30.0. The molecule has 1 heterocycles. The monoisotopic (exact) mass is 337 g/mol. The molecule has 0 saturated carbocycles. The molecule has 0 amide bonds. The Morgan fingerprint density at radius 1 is 0.846 bits per heavy atom. The largest absolute Gasteiger partial charge is 0.353 e. The number of nitrogens with zero attached hydrogens (tertiary/aromatic N) is 1. The number of benzene rings is 3. The lowest BCUT2D eigenvalue weighted by Gasteiger charge is -2.39. The van der Waals surface area contributed by atoms with Crippen molar-refractivity contribution in [2.45, 2.75) is 31.8 Å². The number of para-hydroxylation sites is 1. The van der Waals surface area contributed by atoms with Gasteiger partial charge in [0.05, 0.1) is 6.04 Å². The molecule has 1 heteroatoms. The molecular weight excluding hydrogens is 314 g/mol. The van der Waals surface area contributed by atoms with E-state index in [9.17, 15) is 0 Å². The maximum Gasteiger partial charge on any atom is 0.0917 e. The van der Waals surface area contributed by atoms with Crippen molar-refractivity contribution in [2.24, 2.45) is 0 Å². The Hall–Kier alpha value is -2.98. The molecule has 128 valence electrons. The summed E-state index contributed by atoms with van der Waals surface area (Å²) in [5.41, 5.74) is 5.16.